The van der Waals surface area contributed by atoms with Gasteiger partial charge in [0.25, 0.3) is 0 Å². The Bertz CT molecular complexity index is 1140. The van der Waals surface area contributed by atoms with E-state index in [4.69, 9.17) is 9.84 Å². The van der Waals surface area contributed by atoms with Crippen LogP contribution in [-0.2, 0) is 29.7 Å². The van der Waals surface area contributed by atoms with Crippen molar-refractivity contribution < 1.29 is 24.1 Å². The van der Waals surface area contributed by atoms with Crippen molar-refractivity contribution in [3.05, 3.63) is 91.9 Å². The molecule has 3 aromatic rings. The first kappa shape index (κ1) is 21.3. The van der Waals surface area contributed by atoms with Crippen LogP contribution in [-0.4, -0.2) is 22.8 Å². The Hall–Kier alpha value is -2.58. The van der Waals surface area contributed by atoms with Crippen LogP contribution in [0.15, 0.2) is 48.5 Å². The molecular formula is C25H24FNO4S. The number of hydrogen-bond acceptors (Lipinski definition) is 5. The van der Waals surface area contributed by atoms with Gasteiger partial charge in [0.05, 0.1) is 18.8 Å². The van der Waals surface area contributed by atoms with Crippen molar-refractivity contribution in [1.29, 1.82) is 0 Å². The van der Waals surface area contributed by atoms with E-state index in [0.29, 0.717) is 19.6 Å². The molecule has 0 amide bonds. The average molecular weight is 454 g/mol. The first-order chi connectivity index (χ1) is 15.4. The fraction of sp³-hybridized carbons (Fsp3) is 0.320. The van der Waals surface area contributed by atoms with E-state index >= 15 is 0 Å². The highest BCUT2D eigenvalue weighted by atomic mass is 32.1. The molecule has 2 heterocycles. The largest absolute Gasteiger partial charge is 0.478 e. The number of rotatable bonds is 7. The summed E-state index contributed by atoms with van der Waals surface area (Å²) in [4.78, 5) is 13.4. The molecule has 5 nitrogen and oxygen atoms in total. The predicted octanol–water partition coefficient (Wildman–Crippen LogP) is 4.52. The number of carbonyl (C=O) groups is 1. The molecule has 166 valence electrons. The Morgan fingerprint density at radius 3 is 2.53 bits per heavy atom. The quantitative estimate of drug-likeness (QED) is 0.459. The zero-order valence-electron chi connectivity index (χ0n) is 17.4. The van der Waals surface area contributed by atoms with Crippen LogP contribution < -0.4 is 5.32 Å². The second-order valence-electron chi connectivity index (χ2n) is 8.46. The number of carboxylic acids is 1. The van der Waals surface area contributed by atoms with Crippen LogP contribution in [0.4, 0.5) is 4.39 Å². The Kier molecular flexibility index (Phi) is 5.59. The van der Waals surface area contributed by atoms with Crippen LogP contribution in [0, 0.1) is 5.82 Å². The lowest BCUT2D eigenvalue weighted by atomic mass is 9.97. The Morgan fingerprint density at radius 2 is 1.88 bits per heavy atom. The number of hydrogen-bond donors (Lipinski definition) is 3. The molecule has 0 saturated heterocycles. The maximum Gasteiger partial charge on any atom is 0.335 e. The molecule has 32 heavy (non-hydrogen) atoms. The van der Waals surface area contributed by atoms with E-state index in [0.717, 1.165) is 51.3 Å². The van der Waals surface area contributed by atoms with Crippen molar-refractivity contribution >= 4 is 17.3 Å². The number of aliphatic hydroxyl groups excluding tert-OH is 1. The maximum atomic E-state index is 13.3. The van der Waals surface area contributed by atoms with Crippen LogP contribution in [0.1, 0.15) is 61.4 Å². The molecule has 2 aliphatic rings. The first-order valence-corrected chi connectivity index (χ1v) is 11.5. The normalized spacial score (nSPS) is 17.6. The third-order valence-electron chi connectivity index (χ3n) is 6.34. The monoisotopic (exact) mass is 453 g/mol. The van der Waals surface area contributed by atoms with Gasteiger partial charge in [0, 0.05) is 27.3 Å². The van der Waals surface area contributed by atoms with E-state index in [2.05, 4.69) is 5.32 Å². The van der Waals surface area contributed by atoms with Gasteiger partial charge in [-0.3, -0.25) is 5.32 Å². The van der Waals surface area contributed by atoms with Gasteiger partial charge < -0.3 is 14.9 Å². The Morgan fingerprint density at radius 1 is 1.16 bits per heavy atom. The van der Waals surface area contributed by atoms with E-state index < -0.39 is 12.2 Å². The third-order valence-corrected chi connectivity index (χ3v) is 7.56. The van der Waals surface area contributed by atoms with Crippen LogP contribution in [0.25, 0.3) is 0 Å². The summed E-state index contributed by atoms with van der Waals surface area (Å²) < 4.78 is 19.0. The summed E-state index contributed by atoms with van der Waals surface area (Å²) in [7, 11) is 0. The number of fused-ring (bicyclic) bond motifs is 1. The van der Waals surface area contributed by atoms with Gasteiger partial charge in [0.2, 0.25) is 0 Å². The third kappa shape index (κ3) is 4.09. The zero-order chi connectivity index (χ0) is 22.3. The van der Waals surface area contributed by atoms with Gasteiger partial charge in [-0.2, -0.15) is 0 Å². The van der Waals surface area contributed by atoms with Crippen molar-refractivity contribution in [2.45, 2.75) is 44.1 Å². The number of ether oxygens (including phenoxy) is 1. The summed E-state index contributed by atoms with van der Waals surface area (Å²) in [6, 6.07) is 13.3. The number of aromatic carboxylic acids is 1. The summed E-state index contributed by atoms with van der Waals surface area (Å²) in [6.45, 7) is 1.17. The molecule has 1 atom stereocenters. The van der Waals surface area contributed by atoms with Gasteiger partial charge in [0.15, 0.2) is 0 Å². The van der Waals surface area contributed by atoms with E-state index in [1.165, 1.54) is 12.1 Å². The SMILES string of the molecule is O=C(O)c1ccc(C2(NC(O)c3c(Cc4ccc(F)cc4)sc4c3CCOC4)CC2)cc1. The van der Waals surface area contributed by atoms with Gasteiger partial charge in [-0.05, 0) is 60.2 Å². The smallest absolute Gasteiger partial charge is 0.335 e. The molecule has 1 saturated carbocycles. The van der Waals surface area contributed by atoms with E-state index in [1.54, 1.807) is 35.6 Å². The molecule has 0 spiro atoms. The summed E-state index contributed by atoms with van der Waals surface area (Å²) >= 11 is 1.65. The molecule has 7 heteroatoms. The molecule has 3 N–H and O–H groups in total. The van der Waals surface area contributed by atoms with Gasteiger partial charge >= 0.3 is 5.97 Å². The summed E-state index contributed by atoms with van der Waals surface area (Å²) in [6.07, 6.45) is 2.26. The van der Waals surface area contributed by atoms with Crippen molar-refractivity contribution in [2.75, 3.05) is 6.61 Å². The predicted molar refractivity (Wildman–Crippen MR) is 119 cm³/mol. The van der Waals surface area contributed by atoms with Crippen molar-refractivity contribution in [3.8, 4) is 0 Å². The van der Waals surface area contributed by atoms with Crippen molar-refractivity contribution in [3.63, 3.8) is 0 Å². The summed E-state index contributed by atoms with van der Waals surface area (Å²) in [5.41, 5.74) is 3.92. The fourth-order valence-corrected chi connectivity index (χ4v) is 5.82. The molecule has 1 fully saturated rings. The maximum absolute atomic E-state index is 13.3. The molecule has 1 aromatic heterocycles. The Balaban J connectivity index is 1.43. The molecule has 1 unspecified atom stereocenters. The fourth-order valence-electron chi connectivity index (χ4n) is 4.46. The number of thiophene rings is 1. The van der Waals surface area contributed by atoms with Gasteiger partial charge in [0.1, 0.15) is 12.0 Å². The van der Waals surface area contributed by atoms with Crippen LogP contribution >= 0.6 is 11.3 Å². The highest BCUT2D eigenvalue weighted by Crippen LogP contribution is 2.48. The molecule has 5 rings (SSSR count). The van der Waals surface area contributed by atoms with Crippen LogP contribution in [0.5, 0.6) is 0 Å². The first-order valence-electron chi connectivity index (χ1n) is 10.7. The van der Waals surface area contributed by atoms with Crippen LogP contribution in [0.2, 0.25) is 0 Å². The minimum Gasteiger partial charge on any atom is -0.478 e. The standard InChI is InChI=1S/C25H24FNO4S/c26-18-7-1-15(2-8-18)13-20-22(19-9-12-31-14-21(19)32-20)23(28)27-25(10-11-25)17-5-3-16(4-6-17)24(29)30/h1-8,23,27-28H,9-14H2,(H,29,30). The van der Waals surface area contributed by atoms with Crippen LogP contribution in [0.3, 0.4) is 0 Å². The van der Waals surface area contributed by atoms with Crippen molar-refractivity contribution in [1.82, 2.24) is 5.32 Å². The second-order valence-corrected chi connectivity index (χ2v) is 9.65. The average Bonchev–Trinajstić information content (AvgIpc) is 3.47. The highest BCUT2D eigenvalue weighted by molar-refractivity contribution is 7.12. The molecule has 2 aromatic carbocycles. The Labute approximate surface area is 189 Å². The van der Waals surface area contributed by atoms with Gasteiger partial charge in [-0.1, -0.05) is 24.3 Å². The lowest BCUT2D eigenvalue weighted by molar-refractivity contribution is 0.0696. The molecule has 0 radical (unpaired) electrons. The summed E-state index contributed by atoms with van der Waals surface area (Å²) in [5, 5.41) is 23.9. The lowest BCUT2D eigenvalue weighted by Gasteiger charge is -2.25. The number of nitrogens with one attached hydrogen (secondary N) is 1. The molecule has 1 aliphatic heterocycles. The van der Waals surface area contributed by atoms with E-state index in [9.17, 15) is 14.3 Å². The summed E-state index contributed by atoms with van der Waals surface area (Å²) in [5.74, 6) is -1.22. The minimum atomic E-state index is -0.952. The second kappa shape index (κ2) is 8.41. The number of halogens is 1. The number of carboxylic acid groups (broad SMARTS) is 1. The highest BCUT2D eigenvalue weighted by Gasteiger charge is 2.46. The number of benzene rings is 2. The van der Waals surface area contributed by atoms with E-state index in [1.807, 2.05) is 12.1 Å². The van der Waals surface area contributed by atoms with Gasteiger partial charge in [-0.15, -0.1) is 11.3 Å². The lowest BCUT2D eigenvalue weighted by Crippen LogP contribution is -2.34. The topological polar surface area (TPSA) is 78.8 Å². The van der Waals surface area contributed by atoms with Crippen molar-refractivity contribution in [2.24, 2.45) is 0 Å². The molecular weight excluding hydrogens is 429 g/mol. The molecule has 1 aliphatic carbocycles. The van der Waals surface area contributed by atoms with E-state index in [-0.39, 0.29) is 16.9 Å². The number of aliphatic hydroxyl groups is 1. The van der Waals surface area contributed by atoms with Gasteiger partial charge in [-0.25, -0.2) is 9.18 Å². The zero-order valence-corrected chi connectivity index (χ0v) is 18.3. The molecule has 0 bridgehead atoms. The minimum absolute atomic E-state index is 0.249.